The summed E-state index contributed by atoms with van der Waals surface area (Å²) in [6.07, 6.45) is 0. The number of halogens is 2. The molecule has 0 unspecified atom stereocenters. The lowest BCUT2D eigenvalue weighted by Crippen LogP contribution is -2.09. The molecule has 1 nitrogen and oxygen atoms in total. The smallest absolute Gasteiger partial charge is 0.137 e. The van der Waals surface area contributed by atoms with Gasteiger partial charge >= 0.3 is 0 Å². The van der Waals surface area contributed by atoms with Gasteiger partial charge in [0.2, 0.25) is 0 Å². The lowest BCUT2D eigenvalue weighted by molar-refractivity contribution is 0.621. The average molecular weight is 234 g/mol. The van der Waals surface area contributed by atoms with Crippen molar-refractivity contribution in [3.63, 3.8) is 0 Å². The van der Waals surface area contributed by atoms with Gasteiger partial charge in [-0.05, 0) is 34.1 Å². The third-order valence-corrected chi connectivity index (χ3v) is 2.05. The Morgan fingerprint density at radius 2 is 2.18 bits per heavy atom. The number of rotatable bonds is 1. The van der Waals surface area contributed by atoms with Crippen molar-refractivity contribution in [1.82, 2.24) is 0 Å². The van der Waals surface area contributed by atoms with E-state index in [1.54, 1.807) is 12.1 Å². The zero-order valence-electron chi connectivity index (χ0n) is 5.47. The van der Waals surface area contributed by atoms with Crippen molar-refractivity contribution in [2.45, 2.75) is 0 Å². The van der Waals surface area contributed by atoms with E-state index in [9.17, 15) is 4.39 Å². The summed E-state index contributed by atoms with van der Waals surface area (Å²) < 4.78 is 13.0. The number of thiocarbonyl (C=S) groups is 1. The van der Waals surface area contributed by atoms with Crippen molar-refractivity contribution in [3.05, 3.63) is 34.1 Å². The van der Waals surface area contributed by atoms with Crippen LogP contribution in [-0.2, 0) is 0 Å². The van der Waals surface area contributed by atoms with E-state index >= 15 is 0 Å². The molecule has 11 heavy (non-hydrogen) atoms. The summed E-state index contributed by atoms with van der Waals surface area (Å²) in [6.45, 7) is 0. The van der Waals surface area contributed by atoms with Crippen molar-refractivity contribution in [1.29, 1.82) is 0 Å². The number of hydrogen-bond acceptors (Lipinski definition) is 1. The quantitative estimate of drug-likeness (QED) is 0.754. The Balaban J connectivity index is 3.15. The van der Waals surface area contributed by atoms with Gasteiger partial charge in [-0.25, -0.2) is 4.39 Å². The molecule has 0 radical (unpaired) electrons. The number of nitrogens with two attached hydrogens (primary N) is 1. The van der Waals surface area contributed by atoms with Gasteiger partial charge in [-0.1, -0.05) is 12.2 Å². The normalized spacial score (nSPS) is 9.64. The van der Waals surface area contributed by atoms with E-state index in [-0.39, 0.29) is 10.8 Å². The van der Waals surface area contributed by atoms with Crippen LogP contribution < -0.4 is 5.73 Å². The molecule has 2 N–H and O–H groups in total. The van der Waals surface area contributed by atoms with Crippen molar-refractivity contribution in [2.75, 3.05) is 0 Å². The Morgan fingerprint density at radius 1 is 1.55 bits per heavy atom. The highest BCUT2D eigenvalue weighted by molar-refractivity contribution is 9.10. The Labute approximate surface area is 77.5 Å². The van der Waals surface area contributed by atoms with Gasteiger partial charge in [-0.2, -0.15) is 0 Å². The predicted octanol–water partition coefficient (Wildman–Crippen LogP) is 2.22. The van der Waals surface area contributed by atoms with Crippen LogP contribution in [0.15, 0.2) is 22.7 Å². The van der Waals surface area contributed by atoms with Crippen LogP contribution >= 0.6 is 28.1 Å². The molecule has 0 atom stereocenters. The molecule has 0 bridgehead atoms. The monoisotopic (exact) mass is 233 g/mol. The lowest BCUT2D eigenvalue weighted by Gasteiger charge is -1.98. The zero-order chi connectivity index (χ0) is 8.43. The van der Waals surface area contributed by atoms with Crippen molar-refractivity contribution in [2.24, 2.45) is 5.73 Å². The Hall–Kier alpha value is -0.480. The molecule has 0 aliphatic carbocycles. The van der Waals surface area contributed by atoms with Crippen LogP contribution in [0.5, 0.6) is 0 Å². The molecule has 0 amide bonds. The fraction of sp³-hybridized carbons (Fsp3) is 0. The van der Waals surface area contributed by atoms with Gasteiger partial charge < -0.3 is 5.73 Å². The fourth-order valence-electron chi connectivity index (χ4n) is 0.649. The second-order valence-corrected chi connectivity index (χ2v) is 3.29. The van der Waals surface area contributed by atoms with Crippen molar-refractivity contribution < 1.29 is 4.39 Å². The molecule has 1 rings (SSSR count). The predicted molar refractivity (Wildman–Crippen MR) is 50.0 cm³/mol. The van der Waals surface area contributed by atoms with E-state index in [1.165, 1.54) is 6.07 Å². The highest BCUT2D eigenvalue weighted by Crippen LogP contribution is 2.16. The Morgan fingerprint density at radius 3 is 2.64 bits per heavy atom. The molecule has 58 valence electrons. The van der Waals surface area contributed by atoms with Gasteiger partial charge in [0.25, 0.3) is 0 Å². The molecule has 0 aliphatic rings. The first-order valence-corrected chi connectivity index (χ1v) is 4.06. The van der Waals surface area contributed by atoms with Crippen molar-refractivity contribution >= 4 is 33.1 Å². The maximum atomic E-state index is 12.6. The van der Waals surface area contributed by atoms with Crippen LogP contribution in [0.25, 0.3) is 0 Å². The number of hydrogen-bond donors (Lipinski definition) is 1. The lowest BCUT2D eigenvalue weighted by atomic mass is 10.2. The summed E-state index contributed by atoms with van der Waals surface area (Å²) in [6, 6.07) is 4.42. The fourth-order valence-corrected chi connectivity index (χ4v) is 1.16. The van der Waals surface area contributed by atoms with Gasteiger partial charge in [0.15, 0.2) is 0 Å². The molecule has 1 aromatic rings. The summed E-state index contributed by atoms with van der Waals surface area (Å²) in [5.41, 5.74) is 5.98. The maximum Gasteiger partial charge on any atom is 0.137 e. The topological polar surface area (TPSA) is 26.0 Å². The van der Waals surface area contributed by atoms with Gasteiger partial charge in [0, 0.05) is 5.56 Å². The highest BCUT2D eigenvalue weighted by atomic mass is 79.9. The summed E-state index contributed by atoms with van der Waals surface area (Å²) in [4.78, 5) is 0.269. The molecular formula is C7H5BrFNS. The van der Waals surface area contributed by atoms with E-state index in [0.29, 0.717) is 10.0 Å². The third kappa shape index (κ3) is 1.97. The second-order valence-electron chi connectivity index (χ2n) is 1.99. The van der Waals surface area contributed by atoms with E-state index in [4.69, 9.17) is 18.0 Å². The van der Waals surface area contributed by atoms with Crippen LogP contribution in [0.2, 0.25) is 0 Å². The minimum absolute atomic E-state index is 0.269. The molecule has 0 aliphatic heterocycles. The molecule has 0 saturated carbocycles. The number of benzene rings is 1. The summed E-state index contributed by atoms with van der Waals surface area (Å²) in [5, 5.41) is 0. The first kappa shape index (κ1) is 8.62. The molecule has 4 heteroatoms. The Bertz CT molecular complexity index is 300. The maximum absolute atomic E-state index is 12.6. The van der Waals surface area contributed by atoms with E-state index in [2.05, 4.69) is 15.9 Å². The van der Waals surface area contributed by atoms with Crippen LogP contribution in [0, 0.1) is 5.82 Å². The molecular weight excluding hydrogens is 229 g/mol. The van der Waals surface area contributed by atoms with Crippen LogP contribution in [-0.4, -0.2) is 4.99 Å². The SMILES string of the molecule is NC(=S)c1ccc(F)c(Br)c1. The molecule has 0 saturated heterocycles. The first-order chi connectivity index (χ1) is 5.11. The summed E-state index contributed by atoms with van der Waals surface area (Å²) in [5.74, 6) is -0.315. The first-order valence-electron chi connectivity index (χ1n) is 2.86. The summed E-state index contributed by atoms with van der Waals surface area (Å²) >= 11 is 7.72. The van der Waals surface area contributed by atoms with E-state index in [1.807, 2.05) is 0 Å². The zero-order valence-corrected chi connectivity index (χ0v) is 7.88. The minimum atomic E-state index is -0.315. The van der Waals surface area contributed by atoms with E-state index in [0.717, 1.165) is 0 Å². The second kappa shape index (κ2) is 3.28. The average Bonchev–Trinajstić information content (AvgIpc) is 1.94. The van der Waals surface area contributed by atoms with Crippen LogP contribution in [0.4, 0.5) is 4.39 Å². The minimum Gasteiger partial charge on any atom is -0.389 e. The van der Waals surface area contributed by atoms with Gasteiger partial charge in [0.1, 0.15) is 10.8 Å². The molecule has 0 spiro atoms. The standard InChI is InChI=1S/C7H5BrFNS/c8-5-3-4(7(10)11)1-2-6(5)9/h1-3H,(H2,10,11). The largest absolute Gasteiger partial charge is 0.389 e. The van der Waals surface area contributed by atoms with Crippen molar-refractivity contribution in [3.8, 4) is 0 Å². The molecule has 0 heterocycles. The molecule has 1 aromatic carbocycles. The van der Waals surface area contributed by atoms with Crippen LogP contribution in [0.3, 0.4) is 0 Å². The molecule has 0 fully saturated rings. The van der Waals surface area contributed by atoms with Gasteiger partial charge in [-0.15, -0.1) is 0 Å². The van der Waals surface area contributed by atoms with E-state index < -0.39 is 0 Å². The third-order valence-electron chi connectivity index (χ3n) is 1.20. The summed E-state index contributed by atoms with van der Waals surface area (Å²) in [7, 11) is 0. The van der Waals surface area contributed by atoms with Crippen LogP contribution in [0.1, 0.15) is 5.56 Å². The molecule has 0 aromatic heterocycles. The van der Waals surface area contributed by atoms with Gasteiger partial charge in [-0.3, -0.25) is 0 Å². The highest BCUT2D eigenvalue weighted by Gasteiger charge is 2.00. The Kier molecular flexibility index (Phi) is 2.57. The van der Waals surface area contributed by atoms with Gasteiger partial charge in [0.05, 0.1) is 4.47 Å².